The molecule has 1 aromatic heterocycles. The molecule has 1 aliphatic carbocycles. The molecule has 12 nitrogen and oxygen atoms in total. The largest absolute Gasteiger partial charge is 0.478 e. The van der Waals surface area contributed by atoms with E-state index in [1.165, 1.54) is 18.9 Å². The number of thioether (sulfide) groups is 1. The predicted molar refractivity (Wildman–Crippen MR) is 138 cm³/mol. The number of likely N-dealkylation sites (tertiary alicyclic amines) is 1. The van der Waals surface area contributed by atoms with Crippen LogP contribution in [0.5, 0.6) is 0 Å². The third-order valence-corrected chi connectivity index (χ3v) is 9.02. The number of nitrogen functional groups attached to an aromatic ring is 1. The van der Waals surface area contributed by atoms with Crippen molar-refractivity contribution in [3.05, 3.63) is 34.4 Å². The number of aliphatic hydroxyl groups is 2. The summed E-state index contributed by atoms with van der Waals surface area (Å²) >= 11 is 2.55. The highest BCUT2D eigenvalue weighted by atomic mass is 32.2. The van der Waals surface area contributed by atoms with E-state index in [1.54, 1.807) is 11.5 Å². The second-order valence-corrected chi connectivity index (χ2v) is 11.6. The summed E-state index contributed by atoms with van der Waals surface area (Å²) in [6, 6.07) is -0.869. The molecule has 3 aliphatic rings. The Labute approximate surface area is 221 Å². The number of ketones is 1. The highest BCUT2D eigenvalue weighted by Crippen LogP contribution is 2.46. The van der Waals surface area contributed by atoms with Crippen molar-refractivity contribution in [2.75, 3.05) is 45.3 Å². The molecular weight excluding hydrogens is 522 g/mol. The topological polar surface area (TPSA) is 184 Å². The van der Waals surface area contributed by atoms with E-state index in [2.05, 4.69) is 15.5 Å². The van der Waals surface area contributed by atoms with Crippen LogP contribution in [0.15, 0.2) is 33.8 Å². The maximum atomic E-state index is 13.0. The molecule has 4 rings (SSSR count). The van der Waals surface area contributed by atoms with Gasteiger partial charge in [-0.15, -0.1) is 11.3 Å². The number of nitrogens with two attached hydrogens (primary N) is 1. The third kappa shape index (κ3) is 5.57. The van der Waals surface area contributed by atoms with Gasteiger partial charge in [0.05, 0.1) is 37.7 Å². The Hall–Kier alpha value is -2.78. The standard InChI is InChI=1S/C23H29N5O7S2/c1-28(7-5-13(29)14(30)8-28)6-3-4-11-9-36-20-16(15(11)22(33)34)19(31)18(20)26-21(32)17(27-35-2)12-10-37-23(24)25-12/h3-4,10,13-14,16,18,20,29-30H,5-9H2,1-2H3,(H3-,24,25,26,32,33,34)/p+1/b4-3+,27-17-/t13-,14+,16?,18+,20-,28?/m0/s1. The van der Waals surface area contributed by atoms with Crippen molar-refractivity contribution in [3.8, 4) is 0 Å². The van der Waals surface area contributed by atoms with Crippen molar-refractivity contribution in [2.45, 2.75) is 29.9 Å². The maximum absolute atomic E-state index is 13.0. The molecule has 2 unspecified atom stereocenters. The molecule has 1 amide bonds. The minimum Gasteiger partial charge on any atom is -0.478 e. The van der Waals surface area contributed by atoms with E-state index in [0.29, 0.717) is 41.9 Å². The summed E-state index contributed by atoms with van der Waals surface area (Å²) in [5.41, 5.74) is 6.34. The van der Waals surface area contributed by atoms with E-state index in [4.69, 9.17) is 10.6 Å². The second-order valence-electron chi connectivity index (χ2n) is 9.58. The maximum Gasteiger partial charge on any atom is 0.332 e. The molecule has 6 N–H and O–H groups in total. The van der Waals surface area contributed by atoms with Crippen molar-refractivity contribution in [1.82, 2.24) is 10.3 Å². The lowest BCUT2D eigenvalue weighted by Crippen LogP contribution is -2.65. The van der Waals surface area contributed by atoms with E-state index in [9.17, 15) is 29.7 Å². The summed E-state index contributed by atoms with van der Waals surface area (Å²) in [6.07, 6.45) is 2.57. The molecule has 200 valence electrons. The third-order valence-electron chi connectivity index (χ3n) is 6.94. The van der Waals surface area contributed by atoms with Gasteiger partial charge in [0.15, 0.2) is 16.6 Å². The molecule has 1 aromatic rings. The summed E-state index contributed by atoms with van der Waals surface area (Å²) in [5.74, 6) is -2.68. The number of aliphatic carboxylic acids is 1. The minimum absolute atomic E-state index is 0.0466. The van der Waals surface area contributed by atoms with Crippen LogP contribution in [-0.4, -0.2) is 111 Å². The number of fused-ring (bicyclic) bond motifs is 1. The molecule has 0 bridgehead atoms. The van der Waals surface area contributed by atoms with Gasteiger partial charge in [0.25, 0.3) is 5.91 Å². The molecule has 14 heteroatoms. The van der Waals surface area contributed by atoms with Gasteiger partial charge in [-0.25, -0.2) is 9.78 Å². The van der Waals surface area contributed by atoms with E-state index in [1.807, 2.05) is 13.1 Å². The van der Waals surface area contributed by atoms with Crippen molar-refractivity contribution in [1.29, 1.82) is 0 Å². The molecule has 0 aromatic carbocycles. The number of amides is 1. The number of nitrogens with zero attached hydrogens (tertiary/aromatic N) is 3. The predicted octanol–water partition coefficient (Wildman–Crippen LogP) is -0.616. The lowest BCUT2D eigenvalue weighted by molar-refractivity contribution is -0.913. The van der Waals surface area contributed by atoms with E-state index in [-0.39, 0.29) is 27.9 Å². The number of carboxylic acids is 1. The van der Waals surface area contributed by atoms with Crippen LogP contribution in [0, 0.1) is 5.92 Å². The smallest absolute Gasteiger partial charge is 0.332 e. The number of quaternary nitrogens is 1. The van der Waals surface area contributed by atoms with Crippen LogP contribution in [-0.2, 0) is 19.2 Å². The normalized spacial score (nSPS) is 32.2. The Bertz CT molecular complexity index is 1180. The Balaban J connectivity index is 1.46. The molecule has 6 atom stereocenters. The fourth-order valence-electron chi connectivity index (χ4n) is 4.93. The zero-order valence-corrected chi connectivity index (χ0v) is 22.0. The van der Waals surface area contributed by atoms with Crippen LogP contribution in [0.1, 0.15) is 12.1 Å². The lowest BCUT2D eigenvalue weighted by atomic mass is 9.71. The van der Waals surface area contributed by atoms with E-state index in [0.717, 1.165) is 11.3 Å². The SMILES string of the molecule is CO/N=C(\C(=O)N[C@@H]1C(=O)C2C(C(=O)O)=C(/C=C/C[N+]3(C)CC[C@H](O)[C@H](O)C3)CS[C@@H]21)c1csc(N)n1. The molecule has 37 heavy (non-hydrogen) atoms. The van der Waals surface area contributed by atoms with Crippen molar-refractivity contribution >= 4 is 51.6 Å². The number of Topliss-reactive ketones (excluding diaryl/α,β-unsaturated/α-hetero) is 1. The van der Waals surface area contributed by atoms with Gasteiger partial charge < -0.3 is 35.7 Å². The number of carbonyl (C=O) groups is 3. The van der Waals surface area contributed by atoms with Gasteiger partial charge in [-0.05, 0) is 11.6 Å². The summed E-state index contributed by atoms with van der Waals surface area (Å²) in [6.45, 7) is 1.64. The molecule has 1 saturated heterocycles. The number of oxime groups is 1. The van der Waals surface area contributed by atoms with Crippen LogP contribution < -0.4 is 11.1 Å². The summed E-state index contributed by atoms with van der Waals surface area (Å²) in [7, 11) is 3.25. The van der Waals surface area contributed by atoms with Gasteiger partial charge in [0, 0.05) is 22.8 Å². The first-order chi connectivity index (χ1) is 17.5. The number of rotatable bonds is 8. The Morgan fingerprint density at radius 1 is 1.38 bits per heavy atom. The van der Waals surface area contributed by atoms with E-state index < -0.39 is 41.3 Å². The number of allylic oxidation sites excluding steroid dienone is 1. The number of aromatic nitrogens is 1. The van der Waals surface area contributed by atoms with Gasteiger partial charge >= 0.3 is 5.97 Å². The average molecular weight is 553 g/mol. The van der Waals surface area contributed by atoms with Crippen LogP contribution in [0.3, 0.4) is 0 Å². The van der Waals surface area contributed by atoms with Crippen LogP contribution in [0.25, 0.3) is 0 Å². The van der Waals surface area contributed by atoms with Gasteiger partial charge in [0.2, 0.25) is 0 Å². The van der Waals surface area contributed by atoms with Crippen molar-refractivity contribution in [2.24, 2.45) is 11.1 Å². The molecule has 2 aliphatic heterocycles. The van der Waals surface area contributed by atoms with Crippen LogP contribution >= 0.6 is 23.1 Å². The summed E-state index contributed by atoms with van der Waals surface area (Å²) in [5, 5.41) is 37.5. The number of likely N-dealkylation sites (N-methyl/N-ethyl adjacent to an activating group) is 1. The number of anilines is 1. The number of carbonyl (C=O) groups excluding carboxylic acids is 2. The zero-order chi connectivity index (χ0) is 26.9. The van der Waals surface area contributed by atoms with Gasteiger partial charge in [0.1, 0.15) is 31.5 Å². The molecule has 3 heterocycles. The fraction of sp³-hybridized carbons (Fsp3) is 0.522. The quantitative estimate of drug-likeness (QED) is 0.158. The number of thiazole rings is 1. The molecule has 0 radical (unpaired) electrons. The van der Waals surface area contributed by atoms with Gasteiger partial charge in [-0.1, -0.05) is 11.2 Å². The van der Waals surface area contributed by atoms with Gasteiger partial charge in [-0.3, -0.25) is 9.59 Å². The minimum atomic E-state index is -1.16. The Morgan fingerprint density at radius 3 is 2.76 bits per heavy atom. The summed E-state index contributed by atoms with van der Waals surface area (Å²) in [4.78, 5) is 46.9. The molecular formula is C23H30N5O7S2+. The molecule has 1 saturated carbocycles. The molecule has 0 spiro atoms. The number of piperidine rings is 1. The van der Waals surface area contributed by atoms with Gasteiger partial charge in [-0.2, -0.15) is 11.8 Å². The highest BCUT2D eigenvalue weighted by Gasteiger charge is 2.56. The van der Waals surface area contributed by atoms with Crippen molar-refractivity contribution < 1.29 is 39.0 Å². The van der Waals surface area contributed by atoms with Crippen LogP contribution in [0.4, 0.5) is 5.13 Å². The average Bonchev–Trinajstić information content (AvgIpc) is 3.28. The number of hydrogen-bond donors (Lipinski definition) is 5. The fourth-order valence-corrected chi connectivity index (χ4v) is 6.96. The first kappa shape index (κ1) is 27.3. The number of nitrogens with one attached hydrogen (secondary N) is 1. The molecule has 2 fully saturated rings. The first-order valence-electron chi connectivity index (χ1n) is 11.7. The van der Waals surface area contributed by atoms with Crippen LogP contribution in [0.2, 0.25) is 0 Å². The van der Waals surface area contributed by atoms with E-state index >= 15 is 0 Å². The number of hydrogen-bond acceptors (Lipinski definition) is 11. The Kier molecular flexibility index (Phi) is 8.04. The monoisotopic (exact) mass is 552 g/mol. The summed E-state index contributed by atoms with van der Waals surface area (Å²) < 4.78 is 0.520. The van der Waals surface area contributed by atoms with Crippen molar-refractivity contribution in [3.63, 3.8) is 0 Å². The lowest BCUT2D eigenvalue weighted by Gasteiger charge is -2.46. The number of carboxylic acid groups (broad SMARTS) is 1. The second kappa shape index (κ2) is 10.9. The highest BCUT2D eigenvalue weighted by molar-refractivity contribution is 8.00. The Morgan fingerprint density at radius 2 is 2.14 bits per heavy atom. The first-order valence-corrected chi connectivity index (χ1v) is 13.6. The zero-order valence-electron chi connectivity index (χ0n) is 20.4. The number of aliphatic hydroxyl groups excluding tert-OH is 2.